The molecule has 2 rings (SSSR count). The highest BCUT2D eigenvalue weighted by molar-refractivity contribution is 5.97. The van der Waals surface area contributed by atoms with Gasteiger partial charge in [0.05, 0.1) is 10.9 Å². The van der Waals surface area contributed by atoms with E-state index in [-0.39, 0.29) is 11.5 Å². The largest absolute Gasteiger partial charge is 0.352 e. The maximum atomic E-state index is 12.5. The first-order valence-corrected chi connectivity index (χ1v) is 9.79. The average molecular weight is 374 g/mol. The number of aromatic amines is 1. The van der Waals surface area contributed by atoms with Crippen molar-refractivity contribution < 1.29 is 4.79 Å². The van der Waals surface area contributed by atoms with E-state index in [0.717, 1.165) is 38.9 Å². The van der Waals surface area contributed by atoms with Gasteiger partial charge in [-0.25, -0.2) is 4.79 Å². The molecule has 0 aliphatic heterocycles. The summed E-state index contributed by atoms with van der Waals surface area (Å²) in [5.74, 6) is -0.201. The molecule has 2 N–H and O–H groups in total. The van der Waals surface area contributed by atoms with Crippen LogP contribution < -0.4 is 16.6 Å². The molecule has 0 bridgehead atoms. The van der Waals surface area contributed by atoms with Gasteiger partial charge < -0.3 is 15.2 Å². The summed E-state index contributed by atoms with van der Waals surface area (Å²) in [6.45, 7) is 10.2. The lowest BCUT2D eigenvalue weighted by Gasteiger charge is -2.17. The average Bonchev–Trinajstić information content (AvgIpc) is 2.67. The molecule has 0 unspecified atom stereocenters. The number of aromatic nitrogens is 2. The van der Waals surface area contributed by atoms with Gasteiger partial charge >= 0.3 is 5.69 Å². The molecule has 0 fully saturated rings. The fraction of sp³-hybridized carbons (Fsp3) is 0.550. The van der Waals surface area contributed by atoms with Gasteiger partial charge in [0.15, 0.2) is 0 Å². The van der Waals surface area contributed by atoms with Gasteiger partial charge in [-0.3, -0.25) is 14.2 Å². The number of nitrogens with one attached hydrogen (secondary N) is 2. The number of benzene rings is 1. The van der Waals surface area contributed by atoms with E-state index in [4.69, 9.17) is 0 Å². The Labute approximate surface area is 159 Å². The van der Waals surface area contributed by atoms with E-state index in [1.54, 1.807) is 18.2 Å². The molecule has 7 nitrogen and oxygen atoms in total. The SMILES string of the molecule is CCCCn1c(=O)[nH]c2cc(C(=O)NCCCN(CC)CC)ccc2c1=O. The minimum absolute atomic E-state index is 0.201. The summed E-state index contributed by atoms with van der Waals surface area (Å²) in [5.41, 5.74) is 0.0892. The van der Waals surface area contributed by atoms with Gasteiger partial charge in [0, 0.05) is 18.7 Å². The molecule has 0 atom stereocenters. The summed E-state index contributed by atoms with van der Waals surface area (Å²) in [6, 6.07) is 4.81. The van der Waals surface area contributed by atoms with Crippen LogP contribution in [-0.4, -0.2) is 46.5 Å². The molecule has 0 aliphatic rings. The predicted octanol–water partition coefficient (Wildman–Crippen LogP) is 1.95. The van der Waals surface area contributed by atoms with Crippen LogP contribution in [0.1, 0.15) is 50.4 Å². The first-order chi connectivity index (χ1) is 13.0. The van der Waals surface area contributed by atoms with Crippen LogP contribution in [0.4, 0.5) is 0 Å². The number of amides is 1. The van der Waals surface area contributed by atoms with Gasteiger partial charge in [-0.15, -0.1) is 0 Å². The molecule has 0 radical (unpaired) electrons. The van der Waals surface area contributed by atoms with E-state index in [1.165, 1.54) is 4.57 Å². The summed E-state index contributed by atoms with van der Waals surface area (Å²) in [6.07, 6.45) is 2.54. The molecule has 1 amide bonds. The van der Waals surface area contributed by atoms with Crippen molar-refractivity contribution in [3.8, 4) is 0 Å². The lowest BCUT2D eigenvalue weighted by molar-refractivity contribution is 0.0952. The number of carbonyl (C=O) groups is 1. The number of nitrogens with zero attached hydrogens (tertiary/aromatic N) is 2. The number of H-pyrrole nitrogens is 1. The van der Waals surface area contributed by atoms with E-state index in [9.17, 15) is 14.4 Å². The molecular weight excluding hydrogens is 344 g/mol. The zero-order valence-electron chi connectivity index (χ0n) is 16.5. The Morgan fingerprint density at radius 1 is 1.15 bits per heavy atom. The van der Waals surface area contributed by atoms with Crippen molar-refractivity contribution >= 4 is 16.8 Å². The Morgan fingerprint density at radius 2 is 1.89 bits per heavy atom. The molecule has 7 heteroatoms. The molecule has 27 heavy (non-hydrogen) atoms. The zero-order valence-corrected chi connectivity index (χ0v) is 16.5. The highest BCUT2D eigenvalue weighted by Gasteiger charge is 2.11. The molecule has 2 aromatic rings. The summed E-state index contributed by atoms with van der Waals surface area (Å²) in [5, 5.41) is 3.31. The number of hydrogen-bond donors (Lipinski definition) is 2. The van der Waals surface area contributed by atoms with Crippen LogP contribution in [0, 0.1) is 0 Å². The van der Waals surface area contributed by atoms with E-state index < -0.39 is 5.69 Å². The van der Waals surface area contributed by atoms with Gasteiger partial charge in [-0.1, -0.05) is 27.2 Å². The number of unbranched alkanes of at least 4 members (excludes halogenated alkanes) is 1. The normalized spacial score (nSPS) is 11.3. The summed E-state index contributed by atoms with van der Waals surface area (Å²) in [4.78, 5) is 42.1. The Hall–Kier alpha value is -2.41. The first kappa shape index (κ1) is 20.9. The predicted molar refractivity (Wildman–Crippen MR) is 108 cm³/mol. The van der Waals surface area contributed by atoms with E-state index in [0.29, 0.717) is 29.6 Å². The van der Waals surface area contributed by atoms with Gasteiger partial charge in [-0.05, 0) is 50.7 Å². The summed E-state index contributed by atoms with van der Waals surface area (Å²) < 4.78 is 1.22. The van der Waals surface area contributed by atoms with E-state index in [1.807, 2.05) is 6.92 Å². The fourth-order valence-electron chi connectivity index (χ4n) is 3.06. The Morgan fingerprint density at radius 3 is 2.56 bits per heavy atom. The molecular formula is C20H30N4O3. The van der Waals surface area contributed by atoms with E-state index in [2.05, 4.69) is 29.0 Å². The van der Waals surface area contributed by atoms with E-state index >= 15 is 0 Å². The smallest absolute Gasteiger partial charge is 0.328 e. The number of fused-ring (bicyclic) bond motifs is 1. The minimum atomic E-state index is -0.433. The third kappa shape index (κ3) is 5.29. The van der Waals surface area contributed by atoms with Crippen molar-refractivity contribution in [2.45, 2.75) is 46.6 Å². The van der Waals surface area contributed by atoms with Crippen LogP contribution in [0.2, 0.25) is 0 Å². The highest BCUT2D eigenvalue weighted by Crippen LogP contribution is 2.09. The number of rotatable bonds is 10. The Balaban J connectivity index is 2.10. The lowest BCUT2D eigenvalue weighted by Crippen LogP contribution is -2.35. The molecule has 0 spiro atoms. The second kappa shape index (κ2) is 10.1. The zero-order chi connectivity index (χ0) is 19.8. The van der Waals surface area contributed by atoms with Crippen LogP contribution in [0.15, 0.2) is 27.8 Å². The van der Waals surface area contributed by atoms with Crippen LogP contribution in [-0.2, 0) is 6.54 Å². The third-order valence-corrected chi connectivity index (χ3v) is 4.81. The monoisotopic (exact) mass is 374 g/mol. The highest BCUT2D eigenvalue weighted by atomic mass is 16.2. The van der Waals surface area contributed by atoms with Gasteiger partial charge in [0.2, 0.25) is 0 Å². The second-order valence-corrected chi connectivity index (χ2v) is 6.64. The summed E-state index contributed by atoms with van der Waals surface area (Å²) in [7, 11) is 0. The second-order valence-electron chi connectivity index (χ2n) is 6.64. The quantitative estimate of drug-likeness (QED) is 0.622. The van der Waals surface area contributed by atoms with Gasteiger partial charge in [-0.2, -0.15) is 0 Å². The molecule has 1 aromatic carbocycles. The van der Waals surface area contributed by atoms with Crippen molar-refractivity contribution in [1.29, 1.82) is 0 Å². The molecule has 148 valence electrons. The molecule has 0 saturated carbocycles. The van der Waals surface area contributed by atoms with Crippen LogP contribution in [0.25, 0.3) is 10.9 Å². The molecule has 1 heterocycles. The number of hydrogen-bond acceptors (Lipinski definition) is 4. The summed E-state index contributed by atoms with van der Waals surface area (Å²) >= 11 is 0. The maximum Gasteiger partial charge on any atom is 0.328 e. The molecule has 0 saturated heterocycles. The molecule has 0 aliphatic carbocycles. The van der Waals surface area contributed by atoms with Crippen LogP contribution in [0.5, 0.6) is 0 Å². The van der Waals surface area contributed by atoms with Crippen molar-refractivity contribution in [2.24, 2.45) is 0 Å². The standard InChI is InChI=1S/C20H30N4O3/c1-4-7-13-24-19(26)16-10-9-15(14-17(16)22-20(24)27)18(25)21-11-8-12-23(5-2)6-3/h9-10,14H,4-8,11-13H2,1-3H3,(H,21,25)(H,22,27). The minimum Gasteiger partial charge on any atom is -0.352 e. The fourth-order valence-corrected chi connectivity index (χ4v) is 3.06. The van der Waals surface area contributed by atoms with Crippen molar-refractivity contribution in [2.75, 3.05) is 26.2 Å². The Bertz CT molecular complexity index is 881. The first-order valence-electron chi connectivity index (χ1n) is 9.79. The van der Waals surface area contributed by atoms with Gasteiger partial charge in [0.25, 0.3) is 11.5 Å². The Kier molecular flexibility index (Phi) is 7.79. The number of carbonyl (C=O) groups excluding carboxylic acids is 1. The van der Waals surface area contributed by atoms with Crippen molar-refractivity contribution in [3.05, 3.63) is 44.6 Å². The van der Waals surface area contributed by atoms with Crippen molar-refractivity contribution in [3.63, 3.8) is 0 Å². The topological polar surface area (TPSA) is 87.2 Å². The molecule has 1 aromatic heterocycles. The van der Waals surface area contributed by atoms with Crippen LogP contribution >= 0.6 is 0 Å². The van der Waals surface area contributed by atoms with Gasteiger partial charge in [0.1, 0.15) is 0 Å². The van der Waals surface area contributed by atoms with Crippen LogP contribution in [0.3, 0.4) is 0 Å². The maximum absolute atomic E-state index is 12.5. The van der Waals surface area contributed by atoms with Crippen molar-refractivity contribution in [1.82, 2.24) is 19.8 Å². The lowest BCUT2D eigenvalue weighted by atomic mass is 10.1. The third-order valence-electron chi connectivity index (χ3n) is 4.81.